The van der Waals surface area contributed by atoms with Crippen molar-refractivity contribution >= 4 is 5.69 Å². The van der Waals surface area contributed by atoms with Crippen molar-refractivity contribution in [2.45, 2.75) is 0 Å². The molecule has 0 amide bonds. The molecule has 0 aliphatic rings. The summed E-state index contributed by atoms with van der Waals surface area (Å²) in [5.41, 5.74) is 7.68. The molecular formula is C18H15FN2O2. The molecule has 0 bridgehead atoms. The average Bonchev–Trinajstić information content (AvgIpc) is 2.58. The van der Waals surface area contributed by atoms with Gasteiger partial charge in [-0.15, -0.1) is 0 Å². The van der Waals surface area contributed by atoms with E-state index < -0.39 is 0 Å². The highest BCUT2D eigenvalue weighted by atomic mass is 19.1. The molecule has 23 heavy (non-hydrogen) atoms. The Balaban J connectivity index is 1.85. The quantitative estimate of drug-likeness (QED) is 0.782. The topological polar surface area (TPSA) is 57.4 Å². The number of nitrogens with two attached hydrogens (primary N) is 1. The summed E-state index contributed by atoms with van der Waals surface area (Å²) >= 11 is 0. The molecule has 0 unspecified atom stereocenters. The maximum Gasteiger partial charge on any atom is 0.219 e. The van der Waals surface area contributed by atoms with Gasteiger partial charge in [0, 0.05) is 11.6 Å². The molecule has 2 aromatic carbocycles. The normalized spacial score (nSPS) is 10.3. The van der Waals surface area contributed by atoms with Crippen LogP contribution < -0.4 is 15.2 Å². The Labute approximate surface area is 133 Å². The lowest BCUT2D eigenvalue weighted by Gasteiger charge is -2.10. The fraction of sp³-hybridized carbons (Fsp3) is 0.0556. The Hall–Kier alpha value is -3.08. The molecule has 0 aliphatic heterocycles. The number of nitrogens with zero attached hydrogens (tertiary/aromatic N) is 1. The summed E-state index contributed by atoms with van der Waals surface area (Å²) in [4.78, 5) is 4.08. The minimum absolute atomic E-state index is 0.313. The standard InChI is InChI=1S/C18H15FN2O2/c1-22-17-8-4-13(19)10-16(17)12-2-6-15(7-3-12)23-18-9-5-14(20)11-21-18/h2-11H,20H2,1H3. The van der Waals surface area contributed by atoms with Crippen molar-refractivity contribution in [3.8, 4) is 28.5 Å². The van der Waals surface area contributed by atoms with Crippen LogP contribution in [-0.2, 0) is 0 Å². The highest BCUT2D eigenvalue weighted by molar-refractivity contribution is 5.71. The smallest absolute Gasteiger partial charge is 0.219 e. The lowest BCUT2D eigenvalue weighted by Crippen LogP contribution is -1.91. The highest BCUT2D eigenvalue weighted by Crippen LogP contribution is 2.32. The summed E-state index contributed by atoms with van der Waals surface area (Å²) in [6.07, 6.45) is 1.53. The number of pyridine rings is 1. The van der Waals surface area contributed by atoms with Crippen molar-refractivity contribution in [2.75, 3.05) is 12.8 Å². The van der Waals surface area contributed by atoms with E-state index in [0.29, 0.717) is 28.6 Å². The van der Waals surface area contributed by atoms with Gasteiger partial charge in [-0.25, -0.2) is 9.37 Å². The SMILES string of the molecule is COc1ccc(F)cc1-c1ccc(Oc2ccc(N)cn2)cc1. The van der Waals surface area contributed by atoms with Crippen LogP contribution in [0, 0.1) is 5.82 Å². The van der Waals surface area contributed by atoms with Gasteiger partial charge >= 0.3 is 0 Å². The van der Waals surface area contributed by atoms with E-state index in [0.717, 1.165) is 5.56 Å². The van der Waals surface area contributed by atoms with Crippen LogP contribution in [0.2, 0.25) is 0 Å². The third kappa shape index (κ3) is 3.40. The molecule has 0 radical (unpaired) electrons. The van der Waals surface area contributed by atoms with E-state index in [9.17, 15) is 4.39 Å². The molecule has 1 heterocycles. The molecule has 0 fully saturated rings. The van der Waals surface area contributed by atoms with Gasteiger partial charge in [-0.05, 0) is 42.0 Å². The molecule has 0 saturated heterocycles. The summed E-state index contributed by atoms with van der Waals surface area (Å²) in [5.74, 6) is 1.38. The van der Waals surface area contributed by atoms with Crippen LogP contribution in [0.25, 0.3) is 11.1 Å². The number of hydrogen-bond acceptors (Lipinski definition) is 4. The van der Waals surface area contributed by atoms with E-state index >= 15 is 0 Å². The van der Waals surface area contributed by atoms with E-state index in [1.54, 1.807) is 37.4 Å². The molecule has 0 atom stereocenters. The van der Waals surface area contributed by atoms with Crippen molar-refractivity contribution in [2.24, 2.45) is 0 Å². The average molecular weight is 310 g/mol. The molecule has 116 valence electrons. The number of ether oxygens (including phenoxy) is 2. The van der Waals surface area contributed by atoms with E-state index in [2.05, 4.69) is 4.98 Å². The Morgan fingerprint density at radius 3 is 2.43 bits per heavy atom. The van der Waals surface area contributed by atoms with Gasteiger partial charge in [-0.1, -0.05) is 12.1 Å². The fourth-order valence-electron chi connectivity index (χ4n) is 2.18. The van der Waals surface area contributed by atoms with Gasteiger partial charge in [0.05, 0.1) is 19.0 Å². The number of aromatic nitrogens is 1. The fourth-order valence-corrected chi connectivity index (χ4v) is 2.18. The molecule has 5 heteroatoms. The molecule has 0 spiro atoms. The van der Waals surface area contributed by atoms with E-state index in [-0.39, 0.29) is 5.82 Å². The van der Waals surface area contributed by atoms with Crippen LogP contribution >= 0.6 is 0 Å². The van der Waals surface area contributed by atoms with Gasteiger partial charge < -0.3 is 15.2 Å². The molecule has 0 aliphatic carbocycles. The number of methoxy groups -OCH3 is 1. The van der Waals surface area contributed by atoms with Gasteiger partial charge in [0.2, 0.25) is 5.88 Å². The molecule has 3 aromatic rings. The molecule has 1 aromatic heterocycles. The number of benzene rings is 2. The Morgan fingerprint density at radius 1 is 1.00 bits per heavy atom. The first-order valence-electron chi connectivity index (χ1n) is 6.99. The van der Waals surface area contributed by atoms with Gasteiger partial charge in [-0.2, -0.15) is 0 Å². The maximum atomic E-state index is 13.5. The second-order valence-electron chi connectivity index (χ2n) is 4.90. The molecule has 3 rings (SSSR count). The second kappa shape index (κ2) is 6.36. The first kappa shape index (κ1) is 14.8. The van der Waals surface area contributed by atoms with Crippen molar-refractivity contribution in [1.29, 1.82) is 0 Å². The van der Waals surface area contributed by atoms with Crippen LogP contribution in [0.1, 0.15) is 0 Å². The number of anilines is 1. The third-order valence-corrected chi connectivity index (χ3v) is 3.31. The number of nitrogen functional groups attached to an aromatic ring is 1. The Kier molecular flexibility index (Phi) is 4.10. The van der Waals surface area contributed by atoms with Crippen LogP contribution in [0.15, 0.2) is 60.8 Å². The predicted octanol–water partition coefficient (Wildman–Crippen LogP) is 4.27. The van der Waals surface area contributed by atoms with Crippen molar-refractivity contribution < 1.29 is 13.9 Å². The Bertz CT molecular complexity index is 802. The highest BCUT2D eigenvalue weighted by Gasteiger charge is 2.08. The number of hydrogen-bond donors (Lipinski definition) is 1. The zero-order chi connectivity index (χ0) is 16.2. The largest absolute Gasteiger partial charge is 0.496 e. The van der Waals surface area contributed by atoms with Gasteiger partial charge in [0.25, 0.3) is 0 Å². The lowest BCUT2D eigenvalue weighted by molar-refractivity contribution is 0.415. The van der Waals surface area contributed by atoms with E-state index in [1.807, 2.05) is 12.1 Å². The molecular weight excluding hydrogens is 295 g/mol. The molecule has 4 nitrogen and oxygen atoms in total. The van der Waals surface area contributed by atoms with Gasteiger partial charge in [-0.3, -0.25) is 0 Å². The first-order chi connectivity index (χ1) is 11.2. The monoisotopic (exact) mass is 310 g/mol. The maximum absolute atomic E-state index is 13.5. The lowest BCUT2D eigenvalue weighted by atomic mass is 10.0. The summed E-state index contributed by atoms with van der Waals surface area (Å²) < 4.78 is 24.4. The second-order valence-corrected chi connectivity index (χ2v) is 4.90. The van der Waals surface area contributed by atoms with Crippen LogP contribution in [0.5, 0.6) is 17.4 Å². The number of halogens is 1. The Morgan fingerprint density at radius 2 is 1.78 bits per heavy atom. The van der Waals surface area contributed by atoms with Crippen molar-refractivity contribution in [3.63, 3.8) is 0 Å². The predicted molar refractivity (Wildman–Crippen MR) is 87.1 cm³/mol. The van der Waals surface area contributed by atoms with Crippen LogP contribution in [0.4, 0.5) is 10.1 Å². The molecule has 2 N–H and O–H groups in total. The van der Waals surface area contributed by atoms with Crippen LogP contribution in [0.3, 0.4) is 0 Å². The van der Waals surface area contributed by atoms with Crippen LogP contribution in [-0.4, -0.2) is 12.1 Å². The van der Waals surface area contributed by atoms with Gasteiger partial charge in [0.1, 0.15) is 17.3 Å². The number of rotatable bonds is 4. The summed E-state index contributed by atoms with van der Waals surface area (Å²) in [6.45, 7) is 0. The summed E-state index contributed by atoms with van der Waals surface area (Å²) in [5, 5.41) is 0. The van der Waals surface area contributed by atoms with Gasteiger partial charge in [0.15, 0.2) is 0 Å². The summed E-state index contributed by atoms with van der Waals surface area (Å²) in [6, 6.07) is 15.1. The first-order valence-corrected chi connectivity index (χ1v) is 6.99. The van der Waals surface area contributed by atoms with E-state index in [4.69, 9.17) is 15.2 Å². The zero-order valence-electron chi connectivity index (χ0n) is 12.5. The molecule has 0 saturated carbocycles. The minimum atomic E-state index is -0.313. The van der Waals surface area contributed by atoms with Crippen molar-refractivity contribution in [3.05, 3.63) is 66.6 Å². The zero-order valence-corrected chi connectivity index (χ0v) is 12.5. The van der Waals surface area contributed by atoms with E-state index in [1.165, 1.54) is 18.3 Å². The third-order valence-electron chi connectivity index (χ3n) is 3.31. The minimum Gasteiger partial charge on any atom is -0.496 e. The van der Waals surface area contributed by atoms with Crippen molar-refractivity contribution in [1.82, 2.24) is 4.98 Å². The summed E-state index contributed by atoms with van der Waals surface area (Å²) in [7, 11) is 1.56.